The van der Waals surface area contributed by atoms with Crippen molar-refractivity contribution in [3.05, 3.63) is 0 Å². The number of hydrogen-bond acceptors (Lipinski definition) is 7. The summed E-state index contributed by atoms with van der Waals surface area (Å²) in [4.78, 5) is 14.2. The average molecular weight is 307 g/mol. The number of hydrogen-bond donors (Lipinski definition) is 2. The molecule has 0 aliphatic carbocycles. The van der Waals surface area contributed by atoms with Gasteiger partial charge in [0.1, 0.15) is 0 Å². The summed E-state index contributed by atoms with van der Waals surface area (Å²) in [5.74, 6) is 0. The maximum atomic E-state index is 9.20. The van der Waals surface area contributed by atoms with Gasteiger partial charge < -0.3 is 9.11 Å². The number of rotatable bonds is 1. The van der Waals surface area contributed by atoms with E-state index in [4.69, 9.17) is 14.4 Å². The monoisotopic (exact) mass is 305 g/mol. The van der Waals surface area contributed by atoms with Crippen molar-refractivity contribution in [1.29, 1.82) is 0 Å². The molecule has 0 bridgehead atoms. The second-order valence-corrected chi connectivity index (χ2v) is 5.66. The maximum Gasteiger partial charge on any atom is 2.00 e. The molecule has 0 amide bonds. The fraction of sp³-hybridized carbons (Fsp3) is 0. The first-order valence-electron chi connectivity index (χ1n) is 1.75. The molecule has 0 aromatic heterocycles. The maximum absolute atomic E-state index is 9.20. The third kappa shape index (κ3) is 15.2. The predicted octanol–water partition coefficient (Wildman–Crippen LogP) is -2.38. The summed E-state index contributed by atoms with van der Waals surface area (Å²) >= 11 is 0. The molecule has 74 valence electrons. The molecular weight excluding hydrogens is 304 g/mol. The molecule has 0 aliphatic heterocycles. The summed E-state index contributed by atoms with van der Waals surface area (Å²) in [5, 5.41) is 0. The van der Waals surface area contributed by atoms with Crippen molar-refractivity contribution in [2.75, 3.05) is 0 Å². The normalized spacial score (nSPS) is 10.5. The van der Waals surface area contributed by atoms with Crippen LogP contribution in [0.25, 0.3) is 0 Å². The van der Waals surface area contributed by atoms with Gasteiger partial charge in [0.2, 0.25) is 0 Å². The molecule has 0 fully saturated rings. The Bertz CT molecular complexity index is 300. The Labute approximate surface area is 86.4 Å². The zero-order valence-corrected chi connectivity index (χ0v) is 11.2. The molecule has 0 spiro atoms. The van der Waals surface area contributed by atoms with Gasteiger partial charge in [-0.05, 0) is 0 Å². The van der Waals surface area contributed by atoms with E-state index in [0.29, 0.717) is 0 Å². The summed E-state index contributed by atoms with van der Waals surface area (Å²) in [5.41, 5.74) is 0. The van der Waals surface area contributed by atoms with Crippen LogP contribution < -0.4 is 0 Å². The van der Waals surface area contributed by atoms with E-state index in [2.05, 4.69) is 0 Å². The minimum absolute atomic E-state index is 0. The molecule has 0 saturated carbocycles. The van der Waals surface area contributed by atoms with Crippen LogP contribution in [0.15, 0.2) is 0 Å². The molecule has 0 saturated heterocycles. The van der Waals surface area contributed by atoms with Crippen molar-refractivity contribution in [2.45, 2.75) is 0 Å². The third-order valence-electron chi connectivity index (χ3n) is 0.250. The van der Waals surface area contributed by atoms with Crippen LogP contribution in [0, 0.1) is 0 Å². The fourth-order valence-corrected chi connectivity index (χ4v) is 0. The van der Waals surface area contributed by atoms with E-state index < -0.39 is 26.6 Å². The van der Waals surface area contributed by atoms with Crippen LogP contribution in [0.5, 0.6) is 0 Å². The van der Waals surface area contributed by atoms with Crippen LogP contribution in [0.1, 0.15) is 0 Å². The second-order valence-electron chi connectivity index (χ2n) is 1.07. The van der Waals surface area contributed by atoms with E-state index in [9.17, 15) is 25.9 Å². The van der Waals surface area contributed by atoms with Crippen molar-refractivity contribution in [3.63, 3.8) is 0 Å². The van der Waals surface area contributed by atoms with Gasteiger partial charge in [0.15, 0.2) is 18.3 Å². The molecule has 13 heavy (non-hydrogen) atoms. The molecule has 0 radical (unpaired) electrons. The van der Waals surface area contributed by atoms with Crippen molar-refractivity contribution in [3.8, 4) is 0 Å². The van der Waals surface area contributed by atoms with Gasteiger partial charge in [-0.1, -0.05) is 0 Å². The van der Waals surface area contributed by atoms with Crippen LogP contribution >= 0.6 is 8.25 Å². The van der Waals surface area contributed by atoms with Gasteiger partial charge in [0.05, 0.1) is 0 Å². The van der Waals surface area contributed by atoms with E-state index in [1.54, 1.807) is 0 Å². The minimum Gasteiger partial charge on any atom is -0.736 e. The van der Waals surface area contributed by atoms with Gasteiger partial charge in [-0.3, -0.25) is 0 Å². The molecule has 0 aromatic rings. The van der Waals surface area contributed by atoms with Crippen molar-refractivity contribution < 1.29 is 59.8 Å². The first-order valence-corrected chi connectivity index (χ1v) is 6.25. The van der Waals surface area contributed by atoms with Gasteiger partial charge in [-0.25, -0.2) is 16.8 Å². The van der Waals surface area contributed by atoms with Gasteiger partial charge in [0.25, 0.3) is 0 Å². The van der Waals surface area contributed by atoms with Crippen LogP contribution in [-0.4, -0.2) is 35.7 Å². The van der Waals surface area contributed by atoms with Crippen LogP contribution in [-0.2, 0) is 42.3 Å². The van der Waals surface area contributed by atoms with Crippen LogP contribution in [0.2, 0.25) is 0 Å². The standard InChI is InChI=1S/H2O6S2.HO3P.Zn/c1-7(2,3)8(4,5)6;1-4(2)3;/h(H,1,2,3)(H,4,5,6);(H-,1,2,3);/q;;+2/p-1. The minimum atomic E-state index is -5.67. The molecule has 9 nitrogen and oxygen atoms in total. The van der Waals surface area contributed by atoms with Crippen molar-refractivity contribution >= 4 is 26.6 Å². The van der Waals surface area contributed by atoms with Gasteiger partial charge in [-0.2, -0.15) is 0 Å². The summed E-state index contributed by atoms with van der Waals surface area (Å²) in [6, 6.07) is 0. The van der Waals surface area contributed by atoms with E-state index in [1.807, 2.05) is 0 Å². The molecular formula is H2O9PS2Zn+. The Kier molecular flexibility index (Phi) is 10.1. The third-order valence-corrected chi connectivity index (χ3v) is 2.25. The molecule has 0 aromatic carbocycles. The first kappa shape index (κ1) is 19.1. The smallest absolute Gasteiger partial charge is 0.736 e. The zero-order valence-electron chi connectivity index (χ0n) is 5.72. The van der Waals surface area contributed by atoms with Crippen LogP contribution in [0.3, 0.4) is 0 Å². The van der Waals surface area contributed by atoms with Crippen molar-refractivity contribution in [2.24, 2.45) is 0 Å². The Balaban J connectivity index is -0.000000173. The molecule has 0 rings (SSSR count). The van der Waals surface area contributed by atoms with Gasteiger partial charge in [-0.15, -0.1) is 9.79 Å². The van der Waals surface area contributed by atoms with Crippen molar-refractivity contribution in [1.82, 2.24) is 0 Å². The van der Waals surface area contributed by atoms with E-state index in [0.717, 1.165) is 0 Å². The second kappa shape index (κ2) is 6.85. The summed E-state index contributed by atoms with van der Waals surface area (Å²) in [6.45, 7) is 0. The summed E-state index contributed by atoms with van der Waals surface area (Å²) < 4.78 is 63.9. The fourth-order valence-electron chi connectivity index (χ4n) is 0. The zero-order chi connectivity index (χ0) is 10.6. The summed E-state index contributed by atoms with van der Waals surface area (Å²) in [6.07, 6.45) is 0. The quantitative estimate of drug-likeness (QED) is 0.232. The first-order chi connectivity index (χ1) is 4.98. The summed E-state index contributed by atoms with van der Waals surface area (Å²) in [7, 11) is -14.2. The molecule has 0 unspecified atom stereocenters. The molecule has 0 atom stereocenters. The predicted molar refractivity (Wildman–Crippen MR) is 31.4 cm³/mol. The molecule has 0 aliphatic rings. The van der Waals surface area contributed by atoms with Gasteiger partial charge in [0, 0.05) is 4.57 Å². The largest absolute Gasteiger partial charge is 2.00 e. The van der Waals surface area contributed by atoms with E-state index in [-0.39, 0.29) is 19.5 Å². The topological polar surface area (TPSA) is 172 Å². The molecule has 0 heterocycles. The van der Waals surface area contributed by atoms with Crippen LogP contribution in [0.4, 0.5) is 0 Å². The average Bonchev–Trinajstić information content (AvgIpc) is 1.55. The Morgan fingerprint density at radius 3 is 1.00 bits per heavy atom. The molecule has 13 heteroatoms. The Morgan fingerprint density at radius 1 is 0.923 bits per heavy atom. The molecule has 2 N–H and O–H groups in total. The van der Waals surface area contributed by atoms with Gasteiger partial charge >= 0.3 is 27.7 Å². The SMILES string of the molecule is O=S(=O)([O-])S(=O)(=O)[O-].O=[P+](O)O.[Zn+2]. The Hall–Kier alpha value is 0.463. The van der Waals surface area contributed by atoms with E-state index in [1.165, 1.54) is 0 Å². The van der Waals surface area contributed by atoms with E-state index >= 15 is 0 Å². The Morgan fingerprint density at radius 2 is 1.00 bits per heavy atom.